The van der Waals surface area contributed by atoms with E-state index >= 15 is 0 Å². The minimum Gasteiger partial charge on any atom is -0.459 e. The van der Waals surface area contributed by atoms with Gasteiger partial charge in [0.05, 0.1) is 12.2 Å². The zero-order valence-electron chi connectivity index (χ0n) is 21.1. The molecule has 8 heteroatoms. The molecule has 0 aromatic rings. The first-order valence-electron chi connectivity index (χ1n) is 12.2. The number of aliphatic hydroxyl groups is 2. The molecular weight excluding hydrogens is 440 g/mol. The standard InChI is InChI=1S/C26H38O8/c1-12-10-13(2)26-17(11-18(31-7)24(30)33-20(12)15(4)27)8-9-25(6)22(26)19(29)14(3)21(23(25)34-26)32-16(5)28/h8-10,12,14-15,17-23,27,29H,11H2,1-7H3/b13-10+/t12-,14-,15-,17-,18+,19-,20+,21-,22-,23+,25-,26+/m1/s1. The zero-order valence-corrected chi connectivity index (χ0v) is 21.1. The summed E-state index contributed by atoms with van der Waals surface area (Å²) in [5.74, 6) is -2.18. The Labute approximate surface area is 201 Å². The number of ether oxygens (including phenoxy) is 4. The Balaban J connectivity index is 1.90. The van der Waals surface area contributed by atoms with Gasteiger partial charge in [0.1, 0.15) is 23.9 Å². The third-order valence-corrected chi connectivity index (χ3v) is 8.70. The second-order valence-corrected chi connectivity index (χ2v) is 10.9. The van der Waals surface area contributed by atoms with Crippen molar-refractivity contribution in [3.05, 3.63) is 23.8 Å². The van der Waals surface area contributed by atoms with Gasteiger partial charge in [0.25, 0.3) is 0 Å². The largest absolute Gasteiger partial charge is 0.459 e. The van der Waals surface area contributed by atoms with Crippen LogP contribution < -0.4 is 0 Å². The summed E-state index contributed by atoms with van der Waals surface area (Å²) in [6.07, 6.45) is 2.03. The Morgan fingerprint density at radius 3 is 2.59 bits per heavy atom. The Bertz CT molecular complexity index is 895. The highest BCUT2D eigenvalue weighted by molar-refractivity contribution is 5.75. The zero-order chi connectivity index (χ0) is 25.2. The van der Waals surface area contributed by atoms with Gasteiger partial charge in [-0.2, -0.15) is 0 Å². The molecule has 2 aliphatic heterocycles. The Morgan fingerprint density at radius 2 is 2.00 bits per heavy atom. The molecule has 0 aromatic heterocycles. The van der Waals surface area contributed by atoms with Crippen molar-refractivity contribution >= 4 is 11.9 Å². The van der Waals surface area contributed by atoms with Gasteiger partial charge < -0.3 is 29.2 Å². The molecule has 34 heavy (non-hydrogen) atoms. The molecule has 2 fully saturated rings. The van der Waals surface area contributed by atoms with Crippen LogP contribution in [-0.4, -0.2) is 71.5 Å². The van der Waals surface area contributed by atoms with E-state index in [2.05, 4.69) is 12.2 Å². The Morgan fingerprint density at radius 1 is 1.32 bits per heavy atom. The molecule has 2 heterocycles. The van der Waals surface area contributed by atoms with Crippen LogP contribution in [0.25, 0.3) is 0 Å². The number of esters is 2. The van der Waals surface area contributed by atoms with Crippen molar-refractivity contribution in [2.75, 3.05) is 7.11 Å². The van der Waals surface area contributed by atoms with Crippen molar-refractivity contribution in [3.63, 3.8) is 0 Å². The quantitative estimate of drug-likeness (QED) is 0.469. The lowest BCUT2D eigenvalue weighted by Crippen LogP contribution is -2.61. The number of rotatable bonds is 3. The predicted molar refractivity (Wildman–Crippen MR) is 122 cm³/mol. The number of cyclic esters (lactones) is 1. The fraction of sp³-hybridized carbons (Fsp3) is 0.769. The average Bonchev–Trinajstić information content (AvgIpc) is 2.89. The van der Waals surface area contributed by atoms with E-state index in [0.717, 1.165) is 5.57 Å². The average molecular weight is 479 g/mol. The first-order chi connectivity index (χ1) is 15.9. The van der Waals surface area contributed by atoms with Gasteiger partial charge >= 0.3 is 11.9 Å². The van der Waals surface area contributed by atoms with E-state index in [1.807, 2.05) is 33.8 Å². The minimum atomic E-state index is -0.928. The van der Waals surface area contributed by atoms with E-state index < -0.39 is 59.6 Å². The number of aliphatic hydroxyl groups excluding tert-OH is 2. The topological polar surface area (TPSA) is 112 Å². The molecule has 1 saturated heterocycles. The number of hydrogen-bond acceptors (Lipinski definition) is 8. The normalized spacial score (nSPS) is 50.4. The summed E-state index contributed by atoms with van der Waals surface area (Å²) in [6, 6.07) is 0. The van der Waals surface area contributed by atoms with Crippen molar-refractivity contribution in [2.24, 2.45) is 29.1 Å². The lowest BCUT2D eigenvalue weighted by Gasteiger charge is -2.52. The molecule has 1 spiro atoms. The summed E-state index contributed by atoms with van der Waals surface area (Å²) in [5.41, 5.74) is -0.596. The maximum Gasteiger partial charge on any atom is 0.335 e. The molecule has 8 nitrogen and oxygen atoms in total. The lowest BCUT2D eigenvalue weighted by molar-refractivity contribution is -0.175. The highest BCUT2D eigenvalue weighted by Crippen LogP contribution is 2.66. The number of carbonyl (C=O) groups excluding carboxylic acids is 2. The van der Waals surface area contributed by atoms with Crippen molar-refractivity contribution in [2.45, 2.75) is 90.2 Å². The molecule has 0 aromatic carbocycles. The third kappa shape index (κ3) is 3.56. The van der Waals surface area contributed by atoms with Crippen molar-refractivity contribution in [1.82, 2.24) is 0 Å². The fourth-order valence-electron chi connectivity index (χ4n) is 7.09. The summed E-state index contributed by atoms with van der Waals surface area (Å²) < 4.78 is 23.9. The highest BCUT2D eigenvalue weighted by Gasteiger charge is 2.73. The number of carbonyl (C=O) groups is 2. The van der Waals surface area contributed by atoms with Crippen LogP contribution in [0, 0.1) is 29.1 Å². The second kappa shape index (κ2) is 8.73. The highest BCUT2D eigenvalue weighted by atomic mass is 16.6. The minimum absolute atomic E-state index is 0.280. The van der Waals surface area contributed by atoms with Gasteiger partial charge in [-0.25, -0.2) is 4.79 Å². The Kier molecular flexibility index (Phi) is 6.51. The van der Waals surface area contributed by atoms with Crippen LogP contribution in [0.2, 0.25) is 0 Å². The molecule has 0 unspecified atom stereocenters. The number of methoxy groups -OCH3 is 1. The maximum atomic E-state index is 13.0. The molecule has 190 valence electrons. The van der Waals surface area contributed by atoms with Crippen LogP contribution >= 0.6 is 0 Å². The molecular formula is C26H38O8. The van der Waals surface area contributed by atoms with Gasteiger partial charge in [0, 0.05) is 43.1 Å². The van der Waals surface area contributed by atoms with Crippen LogP contribution in [-0.2, 0) is 28.5 Å². The van der Waals surface area contributed by atoms with Crippen LogP contribution in [0.5, 0.6) is 0 Å². The summed E-state index contributed by atoms with van der Waals surface area (Å²) >= 11 is 0. The van der Waals surface area contributed by atoms with E-state index in [9.17, 15) is 19.8 Å². The van der Waals surface area contributed by atoms with Crippen molar-refractivity contribution in [3.8, 4) is 0 Å². The summed E-state index contributed by atoms with van der Waals surface area (Å²) in [7, 11) is 1.46. The van der Waals surface area contributed by atoms with E-state index in [0.29, 0.717) is 0 Å². The molecule has 2 N–H and O–H groups in total. The van der Waals surface area contributed by atoms with Crippen LogP contribution in [0.1, 0.15) is 48.0 Å². The first kappa shape index (κ1) is 25.4. The maximum absolute atomic E-state index is 13.0. The van der Waals surface area contributed by atoms with E-state index in [4.69, 9.17) is 18.9 Å². The van der Waals surface area contributed by atoms with Crippen LogP contribution in [0.3, 0.4) is 0 Å². The van der Waals surface area contributed by atoms with Crippen molar-refractivity contribution in [1.29, 1.82) is 0 Å². The SMILES string of the molecule is CO[C@H]1C[C@H]2C=C[C@]3(C)[C@H]4[C@H](O)[C@@H](C)[C@@H](OC(C)=O)[C@@H]3O[C@@]24/C(C)=C/[C@@H](C)[C@@H]([C@@H](C)O)OC1=O. The smallest absolute Gasteiger partial charge is 0.335 e. The second-order valence-electron chi connectivity index (χ2n) is 10.9. The summed E-state index contributed by atoms with van der Waals surface area (Å²) in [4.78, 5) is 25.0. The number of hydrogen-bond donors (Lipinski definition) is 2. The fourth-order valence-corrected chi connectivity index (χ4v) is 7.09. The first-order valence-corrected chi connectivity index (χ1v) is 12.2. The third-order valence-electron chi connectivity index (χ3n) is 8.70. The van der Waals surface area contributed by atoms with Gasteiger partial charge in [0.15, 0.2) is 6.10 Å². The molecule has 2 aliphatic carbocycles. The van der Waals surface area contributed by atoms with E-state index in [1.165, 1.54) is 14.0 Å². The predicted octanol–water partition coefficient (Wildman–Crippen LogP) is 2.17. The van der Waals surface area contributed by atoms with E-state index in [-0.39, 0.29) is 30.1 Å². The summed E-state index contributed by atoms with van der Waals surface area (Å²) in [5, 5.41) is 22.0. The monoisotopic (exact) mass is 478 g/mol. The molecule has 12 atom stereocenters. The summed E-state index contributed by atoms with van der Waals surface area (Å²) in [6.45, 7) is 10.8. The molecule has 4 rings (SSSR count). The van der Waals surface area contributed by atoms with Crippen molar-refractivity contribution < 1.29 is 38.7 Å². The van der Waals surface area contributed by atoms with Crippen LogP contribution in [0.15, 0.2) is 23.8 Å². The van der Waals surface area contributed by atoms with Gasteiger partial charge in [0.2, 0.25) is 0 Å². The molecule has 4 bridgehead atoms. The van der Waals surface area contributed by atoms with Gasteiger partial charge in [-0.05, 0) is 25.8 Å². The lowest BCUT2D eigenvalue weighted by atomic mass is 9.51. The van der Waals surface area contributed by atoms with E-state index in [1.54, 1.807) is 6.92 Å². The Hall–Kier alpha value is -1.74. The molecule has 0 amide bonds. The van der Waals surface area contributed by atoms with Gasteiger partial charge in [-0.1, -0.05) is 39.0 Å². The van der Waals surface area contributed by atoms with Crippen LogP contribution in [0.4, 0.5) is 0 Å². The van der Waals surface area contributed by atoms with Gasteiger partial charge in [-0.3, -0.25) is 4.79 Å². The van der Waals surface area contributed by atoms with Gasteiger partial charge in [-0.15, -0.1) is 0 Å². The molecule has 4 aliphatic rings. The molecule has 0 radical (unpaired) electrons. The molecule has 1 saturated carbocycles.